The number of amides is 2. The van der Waals surface area contributed by atoms with Crippen molar-refractivity contribution in [1.82, 2.24) is 19.9 Å². The molecule has 4 N–H and O–H groups in total. The van der Waals surface area contributed by atoms with Crippen LogP contribution in [0.4, 0.5) is 14.5 Å². The molecule has 1 unspecified atom stereocenters. The van der Waals surface area contributed by atoms with Crippen LogP contribution in [0.3, 0.4) is 0 Å². The standard InChI is InChI=1S/C30H28F2N6O4S/c1-38-20(15-34-11-12-41-2)16-36-29(38)25-14-22-27(43-25)24(9-10-35-22)42-23-8-3-17(13-21(23)32)26(28(33)39)30(40)37-19-6-4-18(31)5-7-19/h3-10,13-14,16,26,34H,11-12,15H2,1-2H3,(H2,33,39)(H,37,40). The Balaban J connectivity index is 1.36. The van der Waals surface area contributed by atoms with Gasteiger partial charge in [-0.05, 0) is 48.0 Å². The van der Waals surface area contributed by atoms with Crippen LogP contribution in [0.25, 0.3) is 20.9 Å². The Bertz CT molecular complexity index is 1770. The van der Waals surface area contributed by atoms with Gasteiger partial charge in [0.15, 0.2) is 11.6 Å². The van der Waals surface area contributed by atoms with Crippen LogP contribution in [0.5, 0.6) is 11.5 Å². The number of anilines is 1. The molecule has 0 saturated carbocycles. The number of carbonyl (C=O) groups excluding carboxylic acids is 2. The van der Waals surface area contributed by atoms with Gasteiger partial charge in [0.1, 0.15) is 23.3 Å². The van der Waals surface area contributed by atoms with Gasteiger partial charge in [-0.25, -0.2) is 13.8 Å². The van der Waals surface area contributed by atoms with E-state index in [1.165, 1.54) is 35.6 Å². The van der Waals surface area contributed by atoms with Crippen LogP contribution in [0.1, 0.15) is 17.2 Å². The number of rotatable bonds is 12. The second-order valence-electron chi connectivity index (χ2n) is 9.56. The van der Waals surface area contributed by atoms with Crippen LogP contribution in [-0.4, -0.2) is 46.6 Å². The summed E-state index contributed by atoms with van der Waals surface area (Å²) in [4.78, 5) is 34.9. The topological polar surface area (TPSA) is 133 Å². The molecular formula is C30H28F2N6O4S. The number of primary amides is 1. The predicted octanol–water partition coefficient (Wildman–Crippen LogP) is 4.71. The van der Waals surface area contributed by atoms with Gasteiger partial charge >= 0.3 is 0 Å². The van der Waals surface area contributed by atoms with Crippen molar-refractivity contribution in [3.63, 3.8) is 0 Å². The van der Waals surface area contributed by atoms with Crippen LogP contribution in [0.15, 0.2) is 67.0 Å². The molecule has 43 heavy (non-hydrogen) atoms. The lowest BCUT2D eigenvalue weighted by Gasteiger charge is -2.15. The Morgan fingerprint density at radius 1 is 1.07 bits per heavy atom. The highest BCUT2D eigenvalue weighted by atomic mass is 32.1. The maximum absolute atomic E-state index is 15.3. The molecule has 0 aliphatic rings. The van der Waals surface area contributed by atoms with Crippen molar-refractivity contribution in [3.05, 3.63) is 89.9 Å². The zero-order valence-electron chi connectivity index (χ0n) is 23.3. The maximum Gasteiger partial charge on any atom is 0.241 e. The second kappa shape index (κ2) is 13.1. The minimum atomic E-state index is -1.49. The summed E-state index contributed by atoms with van der Waals surface area (Å²) in [5, 5.41) is 5.80. The molecule has 5 rings (SSSR count). The fourth-order valence-electron chi connectivity index (χ4n) is 4.42. The molecule has 0 bridgehead atoms. The summed E-state index contributed by atoms with van der Waals surface area (Å²) < 4.78 is 42.2. The number of thiophene rings is 1. The van der Waals surface area contributed by atoms with Crippen molar-refractivity contribution < 1.29 is 27.8 Å². The predicted molar refractivity (Wildman–Crippen MR) is 159 cm³/mol. The van der Waals surface area contributed by atoms with Gasteiger partial charge < -0.3 is 30.4 Å². The number of pyridine rings is 1. The Kier molecular flexibility index (Phi) is 9.04. The van der Waals surface area contributed by atoms with Gasteiger partial charge in [0.2, 0.25) is 11.8 Å². The number of aromatic nitrogens is 3. The molecule has 222 valence electrons. The molecule has 0 aliphatic carbocycles. The second-order valence-corrected chi connectivity index (χ2v) is 10.6. The van der Waals surface area contributed by atoms with Gasteiger partial charge in [-0.2, -0.15) is 0 Å². The summed E-state index contributed by atoms with van der Waals surface area (Å²) in [6.45, 7) is 1.95. The van der Waals surface area contributed by atoms with Gasteiger partial charge in [-0.3, -0.25) is 14.6 Å². The summed E-state index contributed by atoms with van der Waals surface area (Å²) in [6.07, 6.45) is 3.37. The normalized spacial score (nSPS) is 11.9. The van der Waals surface area contributed by atoms with Crippen molar-refractivity contribution in [2.24, 2.45) is 12.8 Å². The van der Waals surface area contributed by atoms with E-state index < -0.39 is 29.4 Å². The molecule has 2 amide bonds. The molecule has 2 aromatic carbocycles. The molecule has 0 saturated heterocycles. The van der Waals surface area contributed by atoms with E-state index >= 15 is 4.39 Å². The zero-order chi connectivity index (χ0) is 30.5. The third kappa shape index (κ3) is 6.69. The smallest absolute Gasteiger partial charge is 0.241 e. The molecule has 3 heterocycles. The summed E-state index contributed by atoms with van der Waals surface area (Å²) in [7, 11) is 3.58. The SMILES string of the molecule is COCCNCc1cnc(-c2cc3nccc(Oc4ccc(C(C(N)=O)C(=O)Nc5ccc(F)cc5)cc4F)c3s2)n1C. The molecule has 1 atom stereocenters. The molecule has 13 heteroatoms. The number of imidazole rings is 1. The first-order valence-corrected chi connectivity index (χ1v) is 14.0. The molecule has 5 aromatic rings. The van der Waals surface area contributed by atoms with Crippen molar-refractivity contribution in [3.8, 4) is 22.2 Å². The van der Waals surface area contributed by atoms with Crippen LogP contribution >= 0.6 is 11.3 Å². The van der Waals surface area contributed by atoms with E-state index in [4.69, 9.17) is 15.2 Å². The van der Waals surface area contributed by atoms with Crippen molar-refractivity contribution in [2.75, 3.05) is 25.6 Å². The van der Waals surface area contributed by atoms with E-state index in [-0.39, 0.29) is 17.0 Å². The first kappa shape index (κ1) is 29.8. The van der Waals surface area contributed by atoms with Crippen molar-refractivity contribution in [1.29, 1.82) is 0 Å². The van der Waals surface area contributed by atoms with E-state index in [1.807, 2.05) is 17.7 Å². The quantitative estimate of drug-likeness (QED) is 0.138. The number of nitrogens with one attached hydrogen (secondary N) is 2. The third-order valence-corrected chi connectivity index (χ3v) is 7.77. The van der Waals surface area contributed by atoms with E-state index in [9.17, 15) is 14.0 Å². The van der Waals surface area contributed by atoms with Crippen LogP contribution in [0, 0.1) is 11.6 Å². The fourth-order valence-corrected chi connectivity index (χ4v) is 5.52. The molecule has 0 spiro atoms. The lowest BCUT2D eigenvalue weighted by Crippen LogP contribution is -2.32. The van der Waals surface area contributed by atoms with Crippen LogP contribution in [0.2, 0.25) is 0 Å². The molecular weight excluding hydrogens is 578 g/mol. The molecule has 0 radical (unpaired) electrons. The minimum absolute atomic E-state index is 0.0394. The van der Waals surface area contributed by atoms with Gasteiger partial charge in [-0.1, -0.05) is 6.07 Å². The summed E-state index contributed by atoms with van der Waals surface area (Å²) in [6, 6.07) is 12.3. The lowest BCUT2D eigenvalue weighted by molar-refractivity contribution is -0.127. The summed E-state index contributed by atoms with van der Waals surface area (Å²) >= 11 is 1.41. The first-order chi connectivity index (χ1) is 20.7. The van der Waals surface area contributed by atoms with Crippen molar-refractivity contribution in [2.45, 2.75) is 12.5 Å². The maximum atomic E-state index is 15.3. The largest absolute Gasteiger partial charge is 0.453 e. The number of benzene rings is 2. The molecule has 0 aliphatic heterocycles. The van der Waals surface area contributed by atoms with Gasteiger partial charge in [0.25, 0.3) is 0 Å². The van der Waals surface area contributed by atoms with Crippen LogP contribution < -0.4 is 21.1 Å². The number of halogens is 2. The number of hydrogen-bond acceptors (Lipinski definition) is 8. The Morgan fingerprint density at radius 2 is 1.86 bits per heavy atom. The van der Waals surface area contributed by atoms with E-state index in [1.54, 1.807) is 25.6 Å². The molecule has 3 aromatic heterocycles. The van der Waals surface area contributed by atoms with Gasteiger partial charge in [-0.15, -0.1) is 11.3 Å². The lowest BCUT2D eigenvalue weighted by atomic mass is 9.97. The van der Waals surface area contributed by atoms with Crippen molar-refractivity contribution >= 4 is 39.1 Å². The monoisotopic (exact) mass is 606 g/mol. The number of carbonyl (C=O) groups is 2. The Morgan fingerprint density at radius 3 is 2.58 bits per heavy atom. The number of nitrogens with two attached hydrogens (primary N) is 1. The highest BCUT2D eigenvalue weighted by Gasteiger charge is 2.28. The number of ether oxygens (including phenoxy) is 2. The highest BCUT2D eigenvalue weighted by Crippen LogP contribution is 2.39. The zero-order valence-corrected chi connectivity index (χ0v) is 24.1. The number of methoxy groups -OCH3 is 1. The third-order valence-electron chi connectivity index (χ3n) is 6.64. The Labute approximate surface area is 249 Å². The fraction of sp³-hybridized carbons (Fsp3) is 0.200. The highest BCUT2D eigenvalue weighted by molar-refractivity contribution is 7.22. The first-order valence-electron chi connectivity index (χ1n) is 13.2. The van der Waals surface area contributed by atoms with Crippen LogP contribution in [-0.2, 0) is 27.9 Å². The minimum Gasteiger partial charge on any atom is -0.453 e. The van der Waals surface area contributed by atoms with E-state index in [0.29, 0.717) is 35.7 Å². The molecule has 10 nitrogen and oxygen atoms in total. The summed E-state index contributed by atoms with van der Waals surface area (Å²) in [5.74, 6) is -3.51. The number of nitrogens with zero attached hydrogens (tertiary/aromatic N) is 3. The van der Waals surface area contributed by atoms with Gasteiger partial charge in [0, 0.05) is 45.2 Å². The van der Waals surface area contributed by atoms with E-state index in [0.717, 1.165) is 34.6 Å². The summed E-state index contributed by atoms with van der Waals surface area (Å²) in [5.41, 5.74) is 7.44. The number of fused-ring (bicyclic) bond motifs is 1. The average molecular weight is 607 g/mol. The van der Waals surface area contributed by atoms with E-state index in [2.05, 4.69) is 20.6 Å². The number of hydrogen-bond donors (Lipinski definition) is 3. The Hall–Kier alpha value is -4.72. The molecule has 0 fully saturated rings. The average Bonchev–Trinajstić information content (AvgIpc) is 3.57. The van der Waals surface area contributed by atoms with Gasteiger partial charge in [0.05, 0.1) is 33.6 Å².